The van der Waals surface area contributed by atoms with Crippen LogP contribution in [0.5, 0.6) is 11.5 Å². The maximum Gasteiger partial charge on any atom is 0.207 e. The third-order valence-corrected chi connectivity index (χ3v) is 6.74. The number of anilines is 1. The van der Waals surface area contributed by atoms with Crippen LogP contribution in [0.1, 0.15) is 19.3 Å². The average Bonchev–Trinajstić information content (AvgIpc) is 2.90. The van der Waals surface area contributed by atoms with Crippen LogP contribution in [0.4, 0.5) is 27.6 Å². The van der Waals surface area contributed by atoms with Crippen LogP contribution in [-0.4, -0.2) is 75.4 Å². The topological polar surface area (TPSA) is 28.2 Å². The zero-order valence-electron chi connectivity index (χ0n) is 20.5. The van der Waals surface area contributed by atoms with E-state index in [4.69, 9.17) is 9.47 Å². The van der Waals surface area contributed by atoms with Crippen LogP contribution in [0.3, 0.4) is 0 Å². The number of hydrogen-bond donors (Lipinski definition) is 0. The molecule has 208 valence electrons. The number of ether oxygens (including phenoxy) is 2. The molecule has 0 aliphatic carbocycles. The Morgan fingerprint density at radius 2 is 1.24 bits per heavy atom. The minimum Gasteiger partial charge on any atom is -0.495 e. The van der Waals surface area contributed by atoms with E-state index in [1.807, 2.05) is 18.2 Å². The Morgan fingerprint density at radius 3 is 1.81 bits per heavy atom. The molecule has 2 heterocycles. The standard InChI is InChI=1S/C25H30F5N3O2.2ClH/c1-34-19-6-3-2-5-18(19)33-15-13-32(14-16-33)10-4-9-31-11-7-17(8-12-31)35-25-23(29)21(27)20(26)22(28)24(25)30;;/h2-3,5-6,17H,4,7-16H2,1H3;2*1H. The van der Waals surface area contributed by atoms with Crippen molar-refractivity contribution in [2.24, 2.45) is 0 Å². The van der Waals surface area contributed by atoms with Gasteiger partial charge >= 0.3 is 0 Å². The first-order chi connectivity index (χ1) is 16.9. The SMILES string of the molecule is COc1ccccc1N1CCN(CCCN2CCC(Oc3c(F)c(F)c(F)c(F)c3F)CC2)CC1.Cl.Cl. The molecule has 0 atom stereocenters. The number of halogens is 7. The van der Waals surface area contributed by atoms with Crippen molar-refractivity contribution in [1.29, 1.82) is 0 Å². The molecule has 2 fully saturated rings. The number of piperidine rings is 1. The van der Waals surface area contributed by atoms with E-state index in [0.717, 1.165) is 57.1 Å². The minimum atomic E-state index is -2.18. The molecule has 2 aromatic carbocycles. The van der Waals surface area contributed by atoms with Gasteiger partial charge in [0.1, 0.15) is 11.9 Å². The van der Waals surface area contributed by atoms with Gasteiger partial charge in [0.2, 0.25) is 29.1 Å². The highest BCUT2D eigenvalue weighted by molar-refractivity contribution is 5.85. The van der Waals surface area contributed by atoms with Gasteiger partial charge < -0.3 is 19.3 Å². The van der Waals surface area contributed by atoms with Crippen molar-refractivity contribution in [3.8, 4) is 11.5 Å². The highest BCUT2D eigenvalue weighted by atomic mass is 35.5. The van der Waals surface area contributed by atoms with Gasteiger partial charge in [0.05, 0.1) is 12.8 Å². The molecule has 2 aromatic rings. The summed E-state index contributed by atoms with van der Waals surface area (Å²) in [5.41, 5.74) is 1.12. The quantitative estimate of drug-likeness (QED) is 0.244. The Hall–Kier alpha value is -2.01. The van der Waals surface area contributed by atoms with Crippen LogP contribution < -0.4 is 14.4 Å². The van der Waals surface area contributed by atoms with Gasteiger partial charge in [0.25, 0.3) is 0 Å². The summed E-state index contributed by atoms with van der Waals surface area (Å²) in [7, 11) is 1.68. The second-order valence-corrected chi connectivity index (χ2v) is 8.91. The van der Waals surface area contributed by atoms with E-state index in [2.05, 4.69) is 20.8 Å². The minimum absolute atomic E-state index is 0. The molecule has 2 aliphatic rings. The molecule has 0 aromatic heterocycles. The van der Waals surface area contributed by atoms with Crippen LogP contribution in [0, 0.1) is 29.1 Å². The highest BCUT2D eigenvalue weighted by Gasteiger charge is 2.30. The summed E-state index contributed by atoms with van der Waals surface area (Å²) in [6.45, 7) is 6.93. The van der Waals surface area contributed by atoms with E-state index in [1.54, 1.807) is 7.11 Å². The molecule has 37 heavy (non-hydrogen) atoms. The molecule has 0 radical (unpaired) electrons. The molecule has 2 aliphatic heterocycles. The smallest absolute Gasteiger partial charge is 0.207 e. The van der Waals surface area contributed by atoms with Crippen molar-refractivity contribution >= 4 is 30.5 Å². The first kappa shape index (κ1) is 31.2. The lowest BCUT2D eigenvalue weighted by Crippen LogP contribution is -2.47. The molecule has 0 amide bonds. The van der Waals surface area contributed by atoms with Gasteiger partial charge in [-0.25, -0.2) is 13.2 Å². The van der Waals surface area contributed by atoms with Crippen LogP contribution in [0.25, 0.3) is 0 Å². The third-order valence-electron chi connectivity index (χ3n) is 6.74. The number of piperazine rings is 1. The maximum atomic E-state index is 13.9. The average molecular weight is 572 g/mol. The molecule has 2 saturated heterocycles. The van der Waals surface area contributed by atoms with Crippen molar-refractivity contribution in [3.63, 3.8) is 0 Å². The molecular formula is C25H32Cl2F5N3O2. The summed E-state index contributed by atoms with van der Waals surface area (Å²) < 4.78 is 78.4. The Bertz CT molecular complexity index is 991. The molecule has 0 saturated carbocycles. The number of nitrogens with zero attached hydrogens (tertiary/aromatic N) is 3. The zero-order chi connectivity index (χ0) is 24.9. The molecule has 0 spiro atoms. The summed E-state index contributed by atoms with van der Waals surface area (Å²) in [5.74, 6) is -10.3. The fourth-order valence-corrected chi connectivity index (χ4v) is 4.73. The van der Waals surface area contributed by atoms with Gasteiger partial charge in [-0.15, -0.1) is 24.8 Å². The first-order valence-corrected chi connectivity index (χ1v) is 11.9. The van der Waals surface area contributed by atoms with E-state index in [1.165, 1.54) is 0 Å². The lowest BCUT2D eigenvalue weighted by Gasteiger charge is -2.37. The molecule has 4 rings (SSSR count). The van der Waals surface area contributed by atoms with Gasteiger partial charge in [0, 0.05) is 39.3 Å². The fraction of sp³-hybridized carbons (Fsp3) is 0.520. The van der Waals surface area contributed by atoms with Crippen molar-refractivity contribution in [1.82, 2.24) is 9.80 Å². The number of benzene rings is 2. The molecule has 0 unspecified atom stereocenters. The molecule has 5 nitrogen and oxygen atoms in total. The maximum absolute atomic E-state index is 13.9. The summed E-state index contributed by atoms with van der Waals surface area (Å²) in [6, 6.07) is 8.03. The van der Waals surface area contributed by atoms with E-state index in [9.17, 15) is 22.0 Å². The lowest BCUT2D eigenvalue weighted by atomic mass is 10.1. The van der Waals surface area contributed by atoms with E-state index in [0.29, 0.717) is 25.9 Å². The summed E-state index contributed by atoms with van der Waals surface area (Å²) >= 11 is 0. The van der Waals surface area contributed by atoms with Gasteiger partial charge in [-0.1, -0.05) is 12.1 Å². The largest absolute Gasteiger partial charge is 0.495 e. The van der Waals surface area contributed by atoms with E-state index < -0.39 is 40.9 Å². The first-order valence-electron chi connectivity index (χ1n) is 11.9. The Kier molecular flexibility index (Phi) is 12.0. The Balaban J connectivity index is 0.00000241. The van der Waals surface area contributed by atoms with Gasteiger partial charge in [-0.05, 0) is 44.5 Å². The molecule has 12 heteroatoms. The number of methoxy groups -OCH3 is 1. The van der Waals surface area contributed by atoms with Crippen LogP contribution in [0.2, 0.25) is 0 Å². The Labute approximate surface area is 226 Å². The van der Waals surface area contributed by atoms with Crippen molar-refractivity contribution in [3.05, 3.63) is 53.4 Å². The second kappa shape index (κ2) is 14.2. The van der Waals surface area contributed by atoms with Crippen molar-refractivity contribution < 1.29 is 31.4 Å². The van der Waals surface area contributed by atoms with Crippen molar-refractivity contribution in [2.75, 3.05) is 64.4 Å². The number of para-hydroxylation sites is 2. The zero-order valence-corrected chi connectivity index (χ0v) is 22.2. The van der Waals surface area contributed by atoms with Crippen molar-refractivity contribution in [2.45, 2.75) is 25.4 Å². The van der Waals surface area contributed by atoms with Crippen LogP contribution in [0.15, 0.2) is 24.3 Å². The lowest BCUT2D eigenvalue weighted by molar-refractivity contribution is 0.0884. The molecule has 0 N–H and O–H groups in total. The third kappa shape index (κ3) is 7.31. The highest BCUT2D eigenvalue weighted by Crippen LogP contribution is 2.31. The number of hydrogen-bond acceptors (Lipinski definition) is 5. The van der Waals surface area contributed by atoms with Gasteiger partial charge in [-0.3, -0.25) is 4.90 Å². The number of rotatable bonds is 8. The summed E-state index contributed by atoms with van der Waals surface area (Å²) in [6.07, 6.45) is 1.30. The monoisotopic (exact) mass is 571 g/mol. The molecular weight excluding hydrogens is 540 g/mol. The van der Waals surface area contributed by atoms with Crippen LogP contribution >= 0.6 is 24.8 Å². The van der Waals surface area contributed by atoms with Crippen LogP contribution in [-0.2, 0) is 0 Å². The fourth-order valence-electron chi connectivity index (χ4n) is 4.73. The normalized spacial score (nSPS) is 17.2. The van der Waals surface area contributed by atoms with Gasteiger partial charge in [-0.2, -0.15) is 8.78 Å². The van der Waals surface area contributed by atoms with E-state index in [-0.39, 0.29) is 24.8 Å². The van der Waals surface area contributed by atoms with Gasteiger partial charge in [0.15, 0.2) is 5.75 Å². The predicted octanol–water partition coefficient (Wildman–Crippen LogP) is 5.29. The second-order valence-electron chi connectivity index (χ2n) is 8.91. The number of likely N-dealkylation sites (tertiary alicyclic amines) is 1. The molecule has 0 bridgehead atoms. The Morgan fingerprint density at radius 1 is 0.730 bits per heavy atom. The summed E-state index contributed by atoms with van der Waals surface area (Å²) in [5, 5.41) is 0. The predicted molar refractivity (Wildman–Crippen MR) is 137 cm³/mol. The summed E-state index contributed by atoms with van der Waals surface area (Å²) in [4.78, 5) is 7.01. The van der Waals surface area contributed by atoms with E-state index >= 15 is 0 Å².